The number of carbonyl (C=O) groups is 1. The summed E-state index contributed by atoms with van der Waals surface area (Å²) in [6.45, 7) is 1.40. The number of hydrogen-bond donors (Lipinski definition) is 1. The lowest BCUT2D eigenvalue weighted by atomic mass is 10.1. The average molecular weight is 300 g/mol. The maximum Gasteiger partial charge on any atom is 0.322 e. The number of halogens is 1. The number of nitrogens with zero attached hydrogens (tertiary/aromatic N) is 1. The van der Waals surface area contributed by atoms with Crippen LogP contribution >= 0.6 is 0 Å². The summed E-state index contributed by atoms with van der Waals surface area (Å²) in [6.07, 6.45) is -0.152. The van der Waals surface area contributed by atoms with E-state index in [0.29, 0.717) is 19.7 Å². The molecular formula is C17H17FN2O2. The number of rotatable bonds is 2. The maximum atomic E-state index is 13.6. The first-order valence-electron chi connectivity index (χ1n) is 7.21. The Labute approximate surface area is 128 Å². The molecule has 3 rings (SSSR count). The molecule has 0 aromatic heterocycles. The summed E-state index contributed by atoms with van der Waals surface area (Å²) in [6, 6.07) is 15.6. The van der Waals surface area contributed by atoms with Gasteiger partial charge in [-0.3, -0.25) is 0 Å². The molecule has 1 aliphatic rings. The number of benzene rings is 2. The van der Waals surface area contributed by atoms with Gasteiger partial charge in [0, 0.05) is 6.54 Å². The number of ether oxygens (including phenoxy) is 1. The topological polar surface area (TPSA) is 41.6 Å². The van der Waals surface area contributed by atoms with Gasteiger partial charge in [0.05, 0.1) is 18.8 Å². The van der Waals surface area contributed by atoms with E-state index >= 15 is 0 Å². The van der Waals surface area contributed by atoms with Gasteiger partial charge in [0.1, 0.15) is 11.9 Å². The highest BCUT2D eigenvalue weighted by atomic mass is 19.1. The van der Waals surface area contributed by atoms with E-state index in [-0.39, 0.29) is 17.8 Å². The maximum absolute atomic E-state index is 13.6. The first-order valence-corrected chi connectivity index (χ1v) is 7.21. The van der Waals surface area contributed by atoms with Gasteiger partial charge >= 0.3 is 6.03 Å². The van der Waals surface area contributed by atoms with Crippen molar-refractivity contribution in [2.75, 3.05) is 25.0 Å². The number of nitrogens with one attached hydrogen (secondary N) is 1. The lowest BCUT2D eigenvalue weighted by Gasteiger charge is -2.33. The molecule has 2 amide bonds. The Balaban J connectivity index is 1.67. The van der Waals surface area contributed by atoms with Gasteiger partial charge in [-0.15, -0.1) is 0 Å². The Morgan fingerprint density at radius 3 is 2.64 bits per heavy atom. The molecule has 0 aliphatic carbocycles. The summed E-state index contributed by atoms with van der Waals surface area (Å²) in [7, 11) is 0. The number of anilines is 1. The molecule has 1 heterocycles. The number of hydrogen-bond acceptors (Lipinski definition) is 2. The van der Waals surface area contributed by atoms with Crippen LogP contribution < -0.4 is 5.32 Å². The van der Waals surface area contributed by atoms with Gasteiger partial charge in [-0.2, -0.15) is 0 Å². The highest BCUT2D eigenvalue weighted by molar-refractivity contribution is 5.89. The molecule has 0 saturated carbocycles. The summed E-state index contributed by atoms with van der Waals surface area (Å²) in [5, 5.41) is 2.61. The number of para-hydroxylation sites is 1. The highest BCUT2D eigenvalue weighted by Crippen LogP contribution is 2.22. The number of amides is 2. The molecule has 22 heavy (non-hydrogen) atoms. The fraction of sp³-hybridized carbons (Fsp3) is 0.235. The molecule has 2 aromatic carbocycles. The molecule has 1 fully saturated rings. The predicted octanol–water partition coefficient (Wildman–Crippen LogP) is 3.43. The summed E-state index contributed by atoms with van der Waals surface area (Å²) >= 11 is 0. The van der Waals surface area contributed by atoms with Crippen LogP contribution in [0, 0.1) is 5.82 Å². The zero-order valence-corrected chi connectivity index (χ0v) is 12.0. The fourth-order valence-corrected chi connectivity index (χ4v) is 2.46. The summed E-state index contributed by atoms with van der Waals surface area (Å²) < 4.78 is 19.3. The fourth-order valence-electron chi connectivity index (χ4n) is 2.46. The van der Waals surface area contributed by atoms with Gasteiger partial charge in [0.15, 0.2) is 0 Å². The minimum absolute atomic E-state index is 0.152. The molecule has 5 heteroatoms. The largest absolute Gasteiger partial charge is 0.370 e. The van der Waals surface area contributed by atoms with E-state index < -0.39 is 5.82 Å². The van der Waals surface area contributed by atoms with E-state index in [1.165, 1.54) is 6.07 Å². The summed E-state index contributed by atoms with van der Waals surface area (Å²) in [4.78, 5) is 13.9. The molecule has 2 aromatic rings. The van der Waals surface area contributed by atoms with Crippen LogP contribution in [0.2, 0.25) is 0 Å². The van der Waals surface area contributed by atoms with Crippen molar-refractivity contribution < 1.29 is 13.9 Å². The third kappa shape index (κ3) is 3.26. The van der Waals surface area contributed by atoms with Crippen LogP contribution in [0.25, 0.3) is 0 Å². The first kappa shape index (κ1) is 14.5. The van der Waals surface area contributed by atoms with Crippen LogP contribution in [0.4, 0.5) is 14.9 Å². The Bertz CT molecular complexity index is 648. The van der Waals surface area contributed by atoms with E-state index in [1.807, 2.05) is 30.3 Å². The lowest BCUT2D eigenvalue weighted by molar-refractivity contribution is -0.0135. The molecule has 1 saturated heterocycles. The second kappa shape index (κ2) is 6.58. The molecule has 0 radical (unpaired) electrons. The van der Waals surface area contributed by atoms with Crippen molar-refractivity contribution in [3.8, 4) is 0 Å². The second-order valence-corrected chi connectivity index (χ2v) is 5.13. The second-order valence-electron chi connectivity index (χ2n) is 5.13. The van der Waals surface area contributed by atoms with Crippen molar-refractivity contribution in [3.63, 3.8) is 0 Å². The van der Waals surface area contributed by atoms with Crippen LogP contribution in [-0.4, -0.2) is 30.6 Å². The molecule has 4 nitrogen and oxygen atoms in total. The number of carbonyl (C=O) groups excluding carboxylic acids is 1. The zero-order valence-electron chi connectivity index (χ0n) is 12.0. The quantitative estimate of drug-likeness (QED) is 0.923. The van der Waals surface area contributed by atoms with E-state index in [9.17, 15) is 9.18 Å². The van der Waals surface area contributed by atoms with Gasteiger partial charge in [-0.05, 0) is 17.7 Å². The number of morpholine rings is 1. The molecule has 1 atom stereocenters. The Morgan fingerprint density at radius 1 is 1.14 bits per heavy atom. The van der Waals surface area contributed by atoms with E-state index in [4.69, 9.17) is 4.74 Å². The van der Waals surface area contributed by atoms with Crippen molar-refractivity contribution in [2.24, 2.45) is 0 Å². The average Bonchev–Trinajstić information content (AvgIpc) is 2.58. The summed E-state index contributed by atoms with van der Waals surface area (Å²) in [5.41, 5.74) is 1.22. The predicted molar refractivity (Wildman–Crippen MR) is 82.1 cm³/mol. The van der Waals surface area contributed by atoms with E-state index in [2.05, 4.69) is 5.32 Å². The van der Waals surface area contributed by atoms with Crippen molar-refractivity contribution in [1.82, 2.24) is 4.90 Å². The van der Waals surface area contributed by atoms with E-state index in [0.717, 1.165) is 5.56 Å². The van der Waals surface area contributed by atoms with Crippen LogP contribution in [0.5, 0.6) is 0 Å². The van der Waals surface area contributed by atoms with Crippen molar-refractivity contribution >= 4 is 11.7 Å². The highest BCUT2D eigenvalue weighted by Gasteiger charge is 2.25. The van der Waals surface area contributed by atoms with Gasteiger partial charge in [0.2, 0.25) is 0 Å². The monoisotopic (exact) mass is 300 g/mol. The van der Waals surface area contributed by atoms with Crippen molar-refractivity contribution in [1.29, 1.82) is 0 Å². The Hall–Kier alpha value is -2.40. The molecule has 1 unspecified atom stereocenters. The van der Waals surface area contributed by atoms with Crippen LogP contribution in [0.15, 0.2) is 54.6 Å². The first-order chi connectivity index (χ1) is 10.7. The minimum Gasteiger partial charge on any atom is -0.370 e. The molecular weight excluding hydrogens is 283 g/mol. The third-order valence-corrected chi connectivity index (χ3v) is 3.64. The number of urea groups is 1. The zero-order chi connectivity index (χ0) is 15.4. The molecule has 1 N–H and O–H groups in total. The third-order valence-electron chi connectivity index (χ3n) is 3.64. The lowest BCUT2D eigenvalue weighted by Crippen LogP contribution is -2.44. The van der Waals surface area contributed by atoms with Gasteiger partial charge < -0.3 is 15.0 Å². The van der Waals surface area contributed by atoms with Crippen LogP contribution in [-0.2, 0) is 4.74 Å². The van der Waals surface area contributed by atoms with Gasteiger partial charge in [-0.1, -0.05) is 42.5 Å². The smallest absolute Gasteiger partial charge is 0.322 e. The SMILES string of the molecule is O=C(Nc1ccccc1F)N1CCOC(c2ccccc2)C1. The normalized spacial score (nSPS) is 18.0. The summed E-state index contributed by atoms with van der Waals surface area (Å²) in [5.74, 6) is -0.441. The molecule has 1 aliphatic heterocycles. The molecule has 114 valence electrons. The molecule has 0 bridgehead atoms. The standard InChI is InChI=1S/C17H17FN2O2/c18-14-8-4-5-9-15(14)19-17(21)20-10-11-22-16(12-20)13-6-2-1-3-7-13/h1-9,16H,10-12H2,(H,19,21). The minimum atomic E-state index is -0.441. The van der Waals surface area contributed by atoms with Crippen molar-refractivity contribution in [2.45, 2.75) is 6.10 Å². The van der Waals surface area contributed by atoms with Gasteiger partial charge in [-0.25, -0.2) is 9.18 Å². The van der Waals surface area contributed by atoms with E-state index in [1.54, 1.807) is 23.1 Å². The molecule has 0 spiro atoms. The van der Waals surface area contributed by atoms with Crippen LogP contribution in [0.1, 0.15) is 11.7 Å². The Morgan fingerprint density at radius 2 is 1.86 bits per heavy atom. The van der Waals surface area contributed by atoms with Gasteiger partial charge in [0.25, 0.3) is 0 Å². The van der Waals surface area contributed by atoms with Crippen molar-refractivity contribution in [3.05, 3.63) is 66.0 Å². The van der Waals surface area contributed by atoms with Crippen LogP contribution in [0.3, 0.4) is 0 Å². The Kier molecular flexibility index (Phi) is 4.34.